The van der Waals surface area contributed by atoms with E-state index in [0.717, 1.165) is 41.6 Å². The second-order valence-electron chi connectivity index (χ2n) is 10.6. The molecule has 5 rings (SSSR count). The molecule has 2 saturated carbocycles. The Morgan fingerprint density at radius 3 is 2.67 bits per heavy atom. The molecule has 4 N–H and O–H groups in total. The van der Waals surface area contributed by atoms with Gasteiger partial charge in [-0.2, -0.15) is 0 Å². The van der Waals surface area contributed by atoms with Crippen molar-refractivity contribution < 1.29 is 19.4 Å². The fourth-order valence-electron chi connectivity index (χ4n) is 4.28. The van der Waals surface area contributed by atoms with Crippen LogP contribution in [0.2, 0.25) is 0 Å². The van der Waals surface area contributed by atoms with Crippen LogP contribution in [0.15, 0.2) is 42.7 Å². The molecule has 10 heteroatoms. The molecular weight excluding hydrogens is 496 g/mol. The molecule has 3 aromatic heterocycles. The Labute approximate surface area is 227 Å². The van der Waals surface area contributed by atoms with Gasteiger partial charge in [0, 0.05) is 41.5 Å². The van der Waals surface area contributed by atoms with Gasteiger partial charge in [0.15, 0.2) is 0 Å². The number of urea groups is 1. The van der Waals surface area contributed by atoms with E-state index < -0.39 is 0 Å². The number of hydrogen-bond acceptors (Lipinski definition) is 7. The zero-order chi connectivity index (χ0) is 27.4. The summed E-state index contributed by atoms with van der Waals surface area (Å²) in [5, 5.41) is 18.0. The first-order valence-corrected chi connectivity index (χ1v) is 13.4. The maximum atomic E-state index is 12.5. The van der Waals surface area contributed by atoms with Gasteiger partial charge in [-0.25, -0.2) is 14.8 Å². The van der Waals surface area contributed by atoms with Crippen LogP contribution in [0, 0.1) is 18.3 Å². The van der Waals surface area contributed by atoms with Gasteiger partial charge in [-0.1, -0.05) is 6.92 Å². The van der Waals surface area contributed by atoms with Crippen LogP contribution in [0.3, 0.4) is 0 Å². The highest BCUT2D eigenvalue weighted by molar-refractivity contribution is 5.93. The van der Waals surface area contributed by atoms with Gasteiger partial charge in [-0.3, -0.25) is 9.78 Å². The van der Waals surface area contributed by atoms with Crippen molar-refractivity contribution in [2.45, 2.75) is 46.0 Å². The van der Waals surface area contributed by atoms with Crippen molar-refractivity contribution in [3.63, 3.8) is 0 Å². The molecule has 0 aromatic carbocycles. The van der Waals surface area contributed by atoms with Crippen molar-refractivity contribution in [3.05, 3.63) is 48.4 Å². The van der Waals surface area contributed by atoms with Gasteiger partial charge in [-0.15, -0.1) is 0 Å². The molecular formula is C29H34N6O4. The second-order valence-corrected chi connectivity index (χ2v) is 10.6. The lowest BCUT2D eigenvalue weighted by atomic mass is 10.0. The molecule has 0 radical (unpaired) electrons. The van der Waals surface area contributed by atoms with Gasteiger partial charge >= 0.3 is 6.03 Å². The summed E-state index contributed by atoms with van der Waals surface area (Å²) in [6, 6.07) is 8.86. The molecule has 2 fully saturated rings. The summed E-state index contributed by atoms with van der Waals surface area (Å²) in [6.45, 7) is 4.70. The van der Waals surface area contributed by atoms with Crippen molar-refractivity contribution in [1.82, 2.24) is 20.3 Å². The van der Waals surface area contributed by atoms with E-state index in [1.54, 1.807) is 24.5 Å². The highest BCUT2D eigenvalue weighted by Crippen LogP contribution is 2.47. The summed E-state index contributed by atoms with van der Waals surface area (Å²) in [7, 11) is 0. The molecule has 0 bridgehead atoms. The number of aliphatic hydroxyl groups is 1. The Kier molecular flexibility index (Phi) is 7.74. The third-order valence-corrected chi connectivity index (χ3v) is 7.17. The number of nitrogens with zero attached hydrogens (tertiary/aromatic N) is 3. The number of anilines is 2. The van der Waals surface area contributed by atoms with Crippen molar-refractivity contribution in [2.75, 3.05) is 30.4 Å². The van der Waals surface area contributed by atoms with Crippen molar-refractivity contribution >= 4 is 23.4 Å². The largest absolute Gasteiger partial charge is 0.475 e. The van der Waals surface area contributed by atoms with E-state index in [9.17, 15) is 14.7 Å². The standard InChI is InChI=1S/C29H34N6O4/c1-18-23(16-22(17-32-18)33-28(38)31-10-8-29(2)6-7-29)21-13-24(34-26(15-21)39-12-11-36)20-5-9-30-25(14-20)35-27(37)19-3-4-19/h5,9,13-17,19,36H,3-4,6-8,10-12H2,1-2H3,(H,30,35,37)(H2,31,33,38). The molecule has 39 heavy (non-hydrogen) atoms. The molecule has 2 aliphatic rings. The monoisotopic (exact) mass is 530 g/mol. The smallest absolute Gasteiger partial charge is 0.319 e. The van der Waals surface area contributed by atoms with E-state index in [0.29, 0.717) is 35.0 Å². The van der Waals surface area contributed by atoms with Crippen LogP contribution in [0.4, 0.5) is 16.3 Å². The van der Waals surface area contributed by atoms with Crippen LogP contribution >= 0.6 is 0 Å². The molecule has 3 aromatic rings. The van der Waals surface area contributed by atoms with E-state index in [4.69, 9.17) is 4.74 Å². The Morgan fingerprint density at radius 2 is 1.92 bits per heavy atom. The minimum Gasteiger partial charge on any atom is -0.475 e. The average Bonchev–Trinajstić information content (AvgIpc) is 3.86. The minimum atomic E-state index is -0.268. The number of hydrogen-bond donors (Lipinski definition) is 4. The minimum absolute atomic E-state index is 0.0230. The van der Waals surface area contributed by atoms with Gasteiger partial charge in [-0.05, 0) is 74.3 Å². The maximum Gasteiger partial charge on any atom is 0.319 e. The summed E-state index contributed by atoms with van der Waals surface area (Å²) < 4.78 is 5.68. The fourth-order valence-corrected chi connectivity index (χ4v) is 4.28. The van der Waals surface area contributed by atoms with Gasteiger partial charge < -0.3 is 25.8 Å². The lowest BCUT2D eigenvalue weighted by Gasteiger charge is -2.14. The third kappa shape index (κ3) is 7.08. The van der Waals surface area contributed by atoms with E-state index in [2.05, 4.69) is 37.8 Å². The molecule has 3 heterocycles. The molecule has 0 aliphatic heterocycles. The Balaban J connectivity index is 1.39. The summed E-state index contributed by atoms with van der Waals surface area (Å²) in [4.78, 5) is 38.1. The van der Waals surface area contributed by atoms with Crippen molar-refractivity contribution in [3.8, 4) is 28.3 Å². The molecule has 0 atom stereocenters. The summed E-state index contributed by atoms with van der Waals surface area (Å²) in [6.07, 6.45) is 8.47. The van der Waals surface area contributed by atoms with E-state index in [-0.39, 0.29) is 31.1 Å². The summed E-state index contributed by atoms with van der Waals surface area (Å²) in [5.74, 6) is 0.835. The van der Waals surface area contributed by atoms with E-state index in [1.807, 2.05) is 25.1 Å². The molecule has 3 amide bonds. The number of nitrogens with one attached hydrogen (secondary N) is 3. The van der Waals surface area contributed by atoms with Gasteiger partial charge in [0.1, 0.15) is 12.4 Å². The highest BCUT2D eigenvalue weighted by Gasteiger charge is 2.36. The van der Waals surface area contributed by atoms with E-state index in [1.165, 1.54) is 12.8 Å². The Hall–Kier alpha value is -4.05. The van der Waals surface area contributed by atoms with Crippen LogP contribution < -0.4 is 20.7 Å². The molecule has 204 valence electrons. The molecule has 0 unspecified atom stereocenters. The molecule has 0 spiro atoms. The first kappa shape index (κ1) is 26.6. The molecule has 0 saturated heterocycles. The normalized spacial score (nSPS) is 15.4. The number of aryl methyl sites for hydroxylation is 1. The average molecular weight is 531 g/mol. The van der Waals surface area contributed by atoms with Gasteiger partial charge in [0.2, 0.25) is 11.8 Å². The zero-order valence-electron chi connectivity index (χ0n) is 22.3. The Morgan fingerprint density at radius 1 is 1.10 bits per heavy atom. The van der Waals surface area contributed by atoms with E-state index >= 15 is 0 Å². The number of carbonyl (C=O) groups is 2. The number of rotatable bonds is 11. The number of amides is 3. The number of aromatic nitrogens is 3. The summed E-state index contributed by atoms with van der Waals surface area (Å²) in [5.41, 5.74) is 4.63. The van der Waals surface area contributed by atoms with Crippen LogP contribution in [0.5, 0.6) is 5.88 Å². The predicted octanol–water partition coefficient (Wildman–Crippen LogP) is 4.55. The first-order chi connectivity index (χ1) is 18.8. The highest BCUT2D eigenvalue weighted by atomic mass is 16.5. The van der Waals surface area contributed by atoms with Crippen LogP contribution in [-0.2, 0) is 4.79 Å². The van der Waals surface area contributed by atoms with Crippen molar-refractivity contribution in [2.24, 2.45) is 11.3 Å². The number of carbonyl (C=O) groups excluding carboxylic acids is 2. The van der Waals surface area contributed by atoms with Gasteiger partial charge in [0.25, 0.3) is 0 Å². The number of pyridine rings is 3. The zero-order valence-corrected chi connectivity index (χ0v) is 22.3. The quantitative estimate of drug-likeness (QED) is 0.285. The maximum absolute atomic E-state index is 12.5. The Bertz CT molecular complexity index is 1370. The second kappa shape index (κ2) is 11.4. The molecule has 10 nitrogen and oxygen atoms in total. The first-order valence-electron chi connectivity index (χ1n) is 13.4. The lowest BCUT2D eigenvalue weighted by molar-refractivity contribution is -0.117. The van der Waals surface area contributed by atoms with Crippen molar-refractivity contribution in [1.29, 1.82) is 0 Å². The number of aliphatic hydroxyl groups excluding tert-OH is 1. The van der Waals surface area contributed by atoms with Crippen LogP contribution in [-0.4, -0.2) is 51.8 Å². The molecule has 2 aliphatic carbocycles. The summed E-state index contributed by atoms with van der Waals surface area (Å²) >= 11 is 0. The van der Waals surface area contributed by atoms with Crippen LogP contribution in [0.1, 0.15) is 44.7 Å². The third-order valence-electron chi connectivity index (χ3n) is 7.17. The SMILES string of the molecule is Cc1ncc(NC(=O)NCCC2(C)CC2)cc1-c1cc(OCCO)nc(-c2ccnc(NC(=O)C3CC3)c2)c1. The number of ether oxygens (including phenoxy) is 1. The topological polar surface area (TPSA) is 138 Å². The van der Waals surface area contributed by atoms with Crippen LogP contribution in [0.25, 0.3) is 22.4 Å². The van der Waals surface area contributed by atoms with Gasteiger partial charge in [0.05, 0.1) is 24.2 Å². The predicted molar refractivity (Wildman–Crippen MR) is 148 cm³/mol. The fraction of sp³-hybridized carbons (Fsp3) is 0.414. The lowest BCUT2D eigenvalue weighted by Crippen LogP contribution is -2.30.